The van der Waals surface area contributed by atoms with Crippen LogP contribution in [-0.4, -0.2) is 42.9 Å². The molecule has 0 aliphatic carbocycles. The van der Waals surface area contributed by atoms with Gasteiger partial charge in [-0.15, -0.1) is 0 Å². The van der Waals surface area contributed by atoms with Crippen molar-refractivity contribution in [1.29, 1.82) is 0 Å². The molecule has 132 valence electrons. The van der Waals surface area contributed by atoms with Crippen LogP contribution in [0.3, 0.4) is 0 Å². The van der Waals surface area contributed by atoms with Crippen LogP contribution in [0.25, 0.3) is 0 Å². The Kier molecular flexibility index (Phi) is 7.37. The summed E-state index contributed by atoms with van der Waals surface area (Å²) in [5.74, 6) is -0.323. The van der Waals surface area contributed by atoms with E-state index in [9.17, 15) is 14.0 Å². The molecule has 4 nitrogen and oxygen atoms in total. The third-order valence-corrected chi connectivity index (χ3v) is 4.41. The molecule has 1 saturated heterocycles. The standard InChI is InChI=1S/C19H26FNO3/c1-2-14-24-19(23)16-9-12-21(13-10-16)11-3-4-18(22)15-5-7-17(20)8-6-15/h5-8,16H,2-4,9-14H2,1H3. The molecule has 0 unspecified atom stereocenters. The maximum atomic E-state index is 12.9. The Morgan fingerprint density at radius 3 is 2.50 bits per heavy atom. The third kappa shape index (κ3) is 5.71. The van der Waals surface area contributed by atoms with E-state index in [1.165, 1.54) is 24.3 Å². The smallest absolute Gasteiger partial charge is 0.309 e. The van der Waals surface area contributed by atoms with Crippen molar-refractivity contribution in [3.63, 3.8) is 0 Å². The van der Waals surface area contributed by atoms with Gasteiger partial charge in [-0.1, -0.05) is 6.92 Å². The Bertz CT molecular complexity index is 536. The molecule has 0 bridgehead atoms. The molecule has 1 aromatic rings. The second-order valence-corrected chi connectivity index (χ2v) is 6.32. The van der Waals surface area contributed by atoms with Gasteiger partial charge in [0.2, 0.25) is 0 Å². The number of rotatable bonds is 8. The highest BCUT2D eigenvalue weighted by Crippen LogP contribution is 2.19. The van der Waals surface area contributed by atoms with Gasteiger partial charge in [-0.25, -0.2) is 4.39 Å². The lowest BCUT2D eigenvalue weighted by atomic mass is 9.96. The molecule has 1 aliphatic heterocycles. The number of ether oxygens (including phenoxy) is 1. The van der Waals surface area contributed by atoms with Crippen molar-refractivity contribution in [2.45, 2.75) is 39.0 Å². The highest BCUT2D eigenvalue weighted by Gasteiger charge is 2.25. The number of ketones is 1. The van der Waals surface area contributed by atoms with Crippen LogP contribution in [0.1, 0.15) is 49.4 Å². The molecule has 0 radical (unpaired) electrons. The van der Waals surface area contributed by atoms with Gasteiger partial charge in [0.1, 0.15) is 5.82 Å². The van der Waals surface area contributed by atoms with Crippen molar-refractivity contribution in [3.8, 4) is 0 Å². The van der Waals surface area contributed by atoms with Crippen LogP contribution < -0.4 is 0 Å². The number of hydrogen-bond donors (Lipinski definition) is 0. The Labute approximate surface area is 143 Å². The molecule has 24 heavy (non-hydrogen) atoms. The molecule has 1 aromatic carbocycles. The van der Waals surface area contributed by atoms with Gasteiger partial charge < -0.3 is 9.64 Å². The molecule has 1 aliphatic rings. The zero-order valence-corrected chi connectivity index (χ0v) is 14.3. The summed E-state index contributed by atoms with van der Waals surface area (Å²) in [4.78, 5) is 26.2. The van der Waals surface area contributed by atoms with E-state index >= 15 is 0 Å². The summed E-state index contributed by atoms with van der Waals surface area (Å²) in [5, 5.41) is 0. The number of benzene rings is 1. The predicted octanol–water partition coefficient (Wildman–Crippen LogP) is 3.45. The van der Waals surface area contributed by atoms with E-state index in [-0.39, 0.29) is 23.5 Å². The summed E-state index contributed by atoms with van der Waals surface area (Å²) in [5.41, 5.74) is 0.564. The first kappa shape index (κ1) is 18.6. The van der Waals surface area contributed by atoms with Gasteiger partial charge in [-0.3, -0.25) is 9.59 Å². The molecule has 0 atom stereocenters. The number of hydrogen-bond acceptors (Lipinski definition) is 4. The number of carbonyl (C=O) groups is 2. The first-order valence-corrected chi connectivity index (χ1v) is 8.78. The van der Waals surface area contributed by atoms with Crippen LogP contribution in [0.5, 0.6) is 0 Å². The minimum atomic E-state index is -0.327. The largest absolute Gasteiger partial charge is 0.465 e. The number of Topliss-reactive ketones (excluding diaryl/α,β-unsaturated/α-hetero) is 1. The molecule has 5 heteroatoms. The Morgan fingerprint density at radius 2 is 1.88 bits per heavy atom. The zero-order valence-electron chi connectivity index (χ0n) is 14.3. The lowest BCUT2D eigenvalue weighted by molar-refractivity contribution is -0.150. The number of piperidine rings is 1. The highest BCUT2D eigenvalue weighted by molar-refractivity contribution is 5.95. The van der Waals surface area contributed by atoms with Crippen LogP contribution in [0.2, 0.25) is 0 Å². The number of carbonyl (C=O) groups excluding carboxylic acids is 2. The first-order valence-electron chi connectivity index (χ1n) is 8.78. The summed E-state index contributed by atoms with van der Waals surface area (Å²) >= 11 is 0. The first-order chi connectivity index (χ1) is 11.6. The fourth-order valence-corrected chi connectivity index (χ4v) is 2.96. The van der Waals surface area contributed by atoms with Gasteiger partial charge in [0.25, 0.3) is 0 Å². The van der Waals surface area contributed by atoms with E-state index in [0.29, 0.717) is 18.6 Å². The van der Waals surface area contributed by atoms with Crippen molar-refractivity contribution in [2.24, 2.45) is 5.92 Å². The quantitative estimate of drug-likeness (QED) is 0.539. The predicted molar refractivity (Wildman–Crippen MR) is 90.4 cm³/mol. The Hall–Kier alpha value is -1.75. The minimum Gasteiger partial charge on any atom is -0.465 e. The fraction of sp³-hybridized carbons (Fsp3) is 0.579. The molecule has 0 amide bonds. The molecular formula is C19H26FNO3. The molecule has 0 aromatic heterocycles. The second-order valence-electron chi connectivity index (χ2n) is 6.32. The lowest BCUT2D eigenvalue weighted by Crippen LogP contribution is -2.37. The van der Waals surface area contributed by atoms with Gasteiger partial charge in [0.05, 0.1) is 12.5 Å². The van der Waals surface area contributed by atoms with E-state index < -0.39 is 0 Å². The summed E-state index contributed by atoms with van der Waals surface area (Å²) in [6.07, 6.45) is 3.75. The third-order valence-electron chi connectivity index (χ3n) is 4.41. The average Bonchev–Trinajstić information content (AvgIpc) is 2.60. The van der Waals surface area contributed by atoms with Crippen LogP contribution in [0.4, 0.5) is 4.39 Å². The van der Waals surface area contributed by atoms with E-state index in [2.05, 4.69) is 4.90 Å². The van der Waals surface area contributed by atoms with Gasteiger partial charge in [0, 0.05) is 12.0 Å². The SMILES string of the molecule is CCCOC(=O)C1CCN(CCCC(=O)c2ccc(F)cc2)CC1. The average molecular weight is 335 g/mol. The zero-order chi connectivity index (χ0) is 17.4. The van der Waals surface area contributed by atoms with Crippen molar-refractivity contribution < 1.29 is 18.7 Å². The van der Waals surface area contributed by atoms with E-state index in [1.54, 1.807) is 0 Å². The maximum absolute atomic E-state index is 12.9. The van der Waals surface area contributed by atoms with E-state index in [1.807, 2.05) is 6.92 Å². The number of esters is 1. The van der Waals surface area contributed by atoms with Crippen molar-refractivity contribution in [1.82, 2.24) is 4.90 Å². The maximum Gasteiger partial charge on any atom is 0.309 e. The van der Waals surface area contributed by atoms with Crippen LogP contribution in [0, 0.1) is 11.7 Å². The number of nitrogens with zero attached hydrogens (tertiary/aromatic N) is 1. The molecule has 2 rings (SSSR count). The number of likely N-dealkylation sites (tertiary alicyclic amines) is 1. The van der Waals surface area contributed by atoms with Gasteiger partial charge >= 0.3 is 5.97 Å². The molecule has 0 saturated carbocycles. The minimum absolute atomic E-state index is 0.0219. The van der Waals surface area contributed by atoms with Crippen LogP contribution in [0.15, 0.2) is 24.3 Å². The fourth-order valence-electron chi connectivity index (χ4n) is 2.96. The lowest BCUT2D eigenvalue weighted by Gasteiger charge is -2.30. The van der Waals surface area contributed by atoms with Crippen molar-refractivity contribution in [2.75, 3.05) is 26.2 Å². The molecule has 0 N–H and O–H groups in total. The molecule has 0 spiro atoms. The number of halogens is 1. The summed E-state index contributed by atoms with van der Waals surface area (Å²) in [7, 11) is 0. The molecular weight excluding hydrogens is 309 g/mol. The second kappa shape index (κ2) is 9.52. The summed E-state index contributed by atoms with van der Waals surface area (Å²) in [6, 6.07) is 5.70. The summed E-state index contributed by atoms with van der Waals surface area (Å²) in [6.45, 7) is 5.09. The van der Waals surface area contributed by atoms with Gasteiger partial charge in [0.15, 0.2) is 5.78 Å². The molecule has 1 fully saturated rings. The van der Waals surface area contributed by atoms with E-state index in [4.69, 9.17) is 4.74 Å². The van der Waals surface area contributed by atoms with Gasteiger partial charge in [-0.2, -0.15) is 0 Å². The Morgan fingerprint density at radius 1 is 1.21 bits per heavy atom. The monoisotopic (exact) mass is 335 g/mol. The van der Waals surface area contributed by atoms with Crippen LogP contribution >= 0.6 is 0 Å². The highest BCUT2D eigenvalue weighted by atomic mass is 19.1. The van der Waals surface area contributed by atoms with Crippen molar-refractivity contribution in [3.05, 3.63) is 35.6 Å². The summed E-state index contributed by atoms with van der Waals surface area (Å²) < 4.78 is 18.1. The van der Waals surface area contributed by atoms with E-state index in [0.717, 1.165) is 45.3 Å². The molecule has 1 heterocycles. The van der Waals surface area contributed by atoms with Crippen LogP contribution in [-0.2, 0) is 9.53 Å². The normalized spacial score (nSPS) is 16.1. The van der Waals surface area contributed by atoms with Crippen molar-refractivity contribution >= 4 is 11.8 Å². The Balaban J connectivity index is 1.65. The topological polar surface area (TPSA) is 46.6 Å². The van der Waals surface area contributed by atoms with Gasteiger partial charge in [-0.05, 0) is 69.6 Å².